The summed E-state index contributed by atoms with van der Waals surface area (Å²) in [5.74, 6) is -1.23. The van der Waals surface area contributed by atoms with Crippen molar-refractivity contribution in [3.8, 4) is 0 Å². The Hall–Kier alpha value is -1.55. The first-order valence-corrected chi connectivity index (χ1v) is 5.09. The van der Waals surface area contributed by atoms with E-state index >= 15 is 0 Å². The van der Waals surface area contributed by atoms with Gasteiger partial charge in [-0.1, -0.05) is 0 Å². The summed E-state index contributed by atoms with van der Waals surface area (Å²) in [7, 11) is 0. The lowest BCUT2D eigenvalue weighted by Crippen LogP contribution is -2.38. The first-order chi connectivity index (χ1) is 8.45. The van der Waals surface area contributed by atoms with Crippen molar-refractivity contribution in [1.29, 1.82) is 0 Å². The number of ether oxygens (including phenoxy) is 1. The number of nitrogens with zero attached hydrogens (tertiary/aromatic N) is 1. The third-order valence-corrected chi connectivity index (χ3v) is 2.72. The lowest BCUT2D eigenvalue weighted by molar-refractivity contribution is -0.0554. The molecule has 18 heavy (non-hydrogen) atoms. The van der Waals surface area contributed by atoms with Crippen molar-refractivity contribution in [3.63, 3.8) is 0 Å². The molecule has 0 saturated carbocycles. The summed E-state index contributed by atoms with van der Waals surface area (Å²) in [6.45, 7) is -0.574. The van der Waals surface area contributed by atoms with Gasteiger partial charge in [0.1, 0.15) is 18.3 Å². The van der Waals surface area contributed by atoms with Crippen LogP contribution in [0.5, 0.6) is 0 Å². The second kappa shape index (κ2) is 4.61. The van der Waals surface area contributed by atoms with Gasteiger partial charge in [-0.3, -0.25) is 14.3 Å². The Morgan fingerprint density at radius 1 is 1.39 bits per heavy atom. The number of halogens is 1. The van der Waals surface area contributed by atoms with Gasteiger partial charge in [-0.15, -0.1) is 0 Å². The average Bonchev–Trinajstić information content (AvgIpc) is 2.61. The molecule has 1 aromatic heterocycles. The third kappa shape index (κ3) is 1.97. The van der Waals surface area contributed by atoms with Gasteiger partial charge in [-0.2, -0.15) is 4.39 Å². The summed E-state index contributed by atoms with van der Waals surface area (Å²) in [4.78, 5) is 24.0. The number of aromatic nitrogens is 2. The van der Waals surface area contributed by atoms with E-state index in [1.165, 1.54) is 0 Å². The number of aromatic amines is 1. The van der Waals surface area contributed by atoms with E-state index < -0.39 is 48.2 Å². The van der Waals surface area contributed by atoms with Gasteiger partial charge >= 0.3 is 5.69 Å². The van der Waals surface area contributed by atoms with Gasteiger partial charge < -0.3 is 20.1 Å². The monoisotopic (exact) mass is 262 g/mol. The molecule has 0 bridgehead atoms. The van der Waals surface area contributed by atoms with Crippen LogP contribution in [0.15, 0.2) is 15.8 Å². The fourth-order valence-electron chi connectivity index (χ4n) is 1.76. The van der Waals surface area contributed by atoms with E-state index in [9.17, 15) is 24.2 Å². The van der Waals surface area contributed by atoms with Gasteiger partial charge in [0, 0.05) is 0 Å². The van der Waals surface area contributed by atoms with Crippen molar-refractivity contribution in [2.45, 2.75) is 24.5 Å². The first-order valence-electron chi connectivity index (χ1n) is 5.09. The Labute approximate surface area is 98.9 Å². The Kier molecular flexibility index (Phi) is 3.30. The minimum atomic E-state index is -1.52. The normalized spacial score (nSPS) is 31.8. The molecule has 1 saturated heterocycles. The Bertz CT molecular complexity index is 555. The molecule has 0 aromatic carbocycles. The number of aliphatic hydroxyl groups excluding tert-OH is 3. The van der Waals surface area contributed by atoms with E-state index in [0.717, 1.165) is 0 Å². The highest BCUT2D eigenvalue weighted by molar-refractivity contribution is 4.94. The number of hydrogen-bond donors (Lipinski definition) is 4. The van der Waals surface area contributed by atoms with Crippen LogP contribution in [0.4, 0.5) is 4.39 Å². The molecular weight excluding hydrogens is 251 g/mol. The highest BCUT2D eigenvalue weighted by atomic mass is 19.1. The minimum absolute atomic E-state index is 0.571. The van der Waals surface area contributed by atoms with Gasteiger partial charge in [0.15, 0.2) is 6.23 Å². The van der Waals surface area contributed by atoms with Crippen LogP contribution >= 0.6 is 0 Å². The molecule has 4 N–H and O–H groups in total. The molecule has 9 heteroatoms. The molecule has 2 rings (SSSR count). The maximum atomic E-state index is 13.1. The number of H-pyrrole nitrogens is 1. The summed E-state index contributed by atoms with van der Waals surface area (Å²) in [5.41, 5.74) is -2.18. The van der Waals surface area contributed by atoms with Gasteiger partial charge in [-0.25, -0.2) is 4.79 Å². The zero-order chi connectivity index (χ0) is 13.4. The van der Waals surface area contributed by atoms with Gasteiger partial charge in [0.2, 0.25) is 5.82 Å². The predicted molar refractivity (Wildman–Crippen MR) is 54.3 cm³/mol. The summed E-state index contributed by atoms with van der Waals surface area (Å²) in [6.07, 6.45) is -4.84. The molecule has 1 aromatic rings. The summed E-state index contributed by atoms with van der Waals surface area (Å²) >= 11 is 0. The van der Waals surface area contributed by atoms with Gasteiger partial charge in [0.25, 0.3) is 5.56 Å². The molecule has 0 amide bonds. The fraction of sp³-hybridized carbons (Fsp3) is 0.556. The molecule has 1 aliphatic rings. The second-order valence-corrected chi connectivity index (χ2v) is 3.87. The molecule has 0 spiro atoms. The maximum absolute atomic E-state index is 13.1. The van der Waals surface area contributed by atoms with Crippen LogP contribution in [0.1, 0.15) is 6.23 Å². The quantitative estimate of drug-likeness (QED) is 0.459. The number of rotatable bonds is 2. The van der Waals surface area contributed by atoms with E-state index in [1.54, 1.807) is 4.98 Å². The Balaban J connectivity index is 2.42. The molecule has 4 atom stereocenters. The van der Waals surface area contributed by atoms with Crippen LogP contribution in [-0.2, 0) is 4.74 Å². The Morgan fingerprint density at radius 3 is 2.61 bits per heavy atom. The van der Waals surface area contributed by atoms with Crippen molar-refractivity contribution < 1.29 is 24.4 Å². The fourth-order valence-corrected chi connectivity index (χ4v) is 1.76. The molecule has 0 unspecified atom stereocenters. The molecule has 0 radical (unpaired) electrons. The topological polar surface area (TPSA) is 125 Å². The third-order valence-electron chi connectivity index (χ3n) is 2.72. The zero-order valence-corrected chi connectivity index (χ0v) is 8.99. The summed E-state index contributed by atoms with van der Waals surface area (Å²) in [5, 5.41) is 28.0. The van der Waals surface area contributed by atoms with Gasteiger partial charge in [-0.05, 0) is 0 Å². The van der Waals surface area contributed by atoms with Crippen LogP contribution in [0.25, 0.3) is 0 Å². The van der Waals surface area contributed by atoms with Crippen LogP contribution < -0.4 is 11.2 Å². The molecule has 1 fully saturated rings. The van der Waals surface area contributed by atoms with Crippen molar-refractivity contribution >= 4 is 0 Å². The van der Waals surface area contributed by atoms with Crippen molar-refractivity contribution in [2.75, 3.05) is 6.61 Å². The van der Waals surface area contributed by atoms with E-state index in [4.69, 9.17) is 9.84 Å². The van der Waals surface area contributed by atoms with Crippen LogP contribution in [0.3, 0.4) is 0 Å². The number of nitrogens with one attached hydrogen (secondary N) is 1. The van der Waals surface area contributed by atoms with Crippen LogP contribution in [-0.4, -0.2) is 49.8 Å². The van der Waals surface area contributed by atoms with E-state index in [0.29, 0.717) is 10.8 Å². The highest BCUT2D eigenvalue weighted by Gasteiger charge is 2.43. The maximum Gasteiger partial charge on any atom is 0.330 e. The van der Waals surface area contributed by atoms with Crippen LogP contribution in [0.2, 0.25) is 0 Å². The van der Waals surface area contributed by atoms with E-state index in [1.807, 2.05) is 0 Å². The zero-order valence-electron chi connectivity index (χ0n) is 8.99. The lowest BCUT2D eigenvalue weighted by atomic mass is 10.1. The largest absolute Gasteiger partial charge is 0.394 e. The first kappa shape index (κ1) is 12.9. The lowest BCUT2D eigenvalue weighted by Gasteiger charge is -2.16. The summed E-state index contributed by atoms with van der Waals surface area (Å²) < 4.78 is 18.7. The molecule has 1 aliphatic heterocycles. The molecule has 0 aliphatic carbocycles. The molecule has 8 nitrogen and oxygen atoms in total. The standard InChI is InChI=1S/C9H11FN2O6/c10-3-1-12(9(17)11-7(3)16)8-6(15)5(14)4(2-13)18-8/h1,4-6,8,13-15H,2H2,(H,11,16,17)/t4-,5+,6+,8+/m0/s1. The molecule has 2 heterocycles. The van der Waals surface area contributed by atoms with Crippen molar-refractivity contribution in [1.82, 2.24) is 9.55 Å². The van der Waals surface area contributed by atoms with Gasteiger partial charge in [0.05, 0.1) is 12.8 Å². The van der Waals surface area contributed by atoms with E-state index in [-0.39, 0.29) is 0 Å². The average molecular weight is 262 g/mol. The Morgan fingerprint density at radius 2 is 2.06 bits per heavy atom. The SMILES string of the molecule is O=c1[nH]c(=O)n([C@@H]2O[C@@H](CO)[C@@H](O)[C@H]2O)cc1F. The number of hydrogen-bond acceptors (Lipinski definition) is 6. The molecule has 100 valence electrons. The molecular formula is C9H11FN2O6. The van der Waals surface area contributed by atoms with Crippen molar-refractivity contribution in [3.05, 3.63) is 32.9 Å². The highest BCUT2D eigenvalue weighted by Crippen LogP contribution is 2.27. The minimum Gasteiger partial charge on any atom is -0.394 e. The summed E-state index contributed by atoms with van der Waals surface area (Å²) in [6, 6.07) is 0. The van der Waals surface area contributed by atoms with Crippen molar-refractivity contribution in [2.24, 2.45) is 0 Å². The number of aliphatic hydroxyl groups is 3. The van der Waals surface area contributed by atoms with E-state index in [2.05, 4.69) is 0 Å². The smallest absolute Gasteiger partial charge is 0.330 e. The van der Waals surface area contributed by atoms with Crippen LogP contribution in [0, 0.1) is 5.82 Å². The predicted octanol–water partition coefficient (Wildman–Crippen LogP) is -2.71. The second-order valence-electron chi connectivity index (χ2n) is 3.87.